The van der Waals surface area contributed by atoms with Crippen LogP contribution in [0.3, 0.4) is 0 Å². The van der Waals surface area contributed by atoms with E-state index in [0.29, 0.717) is 12.6 Å². The minimum absolute atomic E-state index is 0.0369. The smallest absolute Gasteiger partial charge is 0.235 e. The van der Waals surface area contributed by atoms with Crippen LogP contribution in [0.4, 0.5) is 0 Å². The number of aliphatic hydroxyl groups excluding tert-OH is 1. The van der Waals surface area contributed by atoms with Crippen LogP contribution < -0.4 is 0 Å². The Labute approximate surface area is 78.2 Å². The quantitative estimate of drug-likeness (QED) is 0.624. The lowest BCUT2D eigenvalue weighted by atomic mass is 10.3. The third kappa shape index (κ3) is 2.38. The Kier molecular flexibility index (Phi) is 3.40. The summed E-state index contributed by atoms with van der Waals surface area (Å²) in [7, 11) is 0. The van der Waals surface area contributed by atoms with Gasteiger partial charge in [0.25, 0.3) is 0 Å². The Hall–Kier alpha value is -0.220. The van der Waals surface area contributed by atoms with E-state index in [1.807, 2.05) is 0 Å². The summed E-state index contributed by atoms with van der Waals surface area (Å²) in [5.74, 6) is 0.0369. The SMILES string of the molecule is CC(S)C(=O)N(CCO)C1CC1. The molecule has 0 aliphatic heterocycles. The zero-order valence-corrected chi connectivity index (χ0v) is 8.13. The van der Waals surface area contributed by atoms with Crippen molar-refractivity contribution in [2.75, 3.05) is 13.2 Å². The second-order valence-corrected chi connectivity index (χ2v) is 3.94. The van der Waals surface area contributed by atoms with Crippen molar-refractivity contribution in [3.8, 4) is 0 Å². The first-order valence-corrected chi connectivity index (χ1v) is 4.78. The number of rotatable bonds is 4. The molecule has 3 nitrogen and oxygen atoms in total. The van der Waals surface area contributed by atoms with Gasteiger partial charge in [-0.2, -0.15) is 12.6 Å². The van der Waals surface area contributed by atoms with E-state index in [1.165, 1.54) is 0 Å². The summed E-state index contributed by atoms with van der Waals surface area (Å²) in [5, 5.41) is 8.47. The molecule has 4 heteroatoms. The van der Waals surface area contributed by atoms with E-state index in [-0.39, 0.29) is 17.8 Å². The lowest BCUT2D eigenvalue weighted by molar-refractivity contribution is -0.131. The normalized spacial score (nSPS) is 18.9. The van der Waals surface area contributed by atoms with E-state index in [2.05, 4.69) is 12.6 Å². The standard InChI is InChI=1S/C8H15NO2S/c1-6(12)8(11)9(4-5-10)7-2-3-7/h6-7,10,12H,2-5H2,1H3. The summed E-state index contributed by atoms with van der Waals surface area (Å²) in [6.07, 6.45) is 2.15. The number of amides is 1. The average Bonchev–Trinajstić information content (AvgIpc) is 2.81. The molecule has 0 spiro atoms. The molecule has 1 N–H and O–H groups in total. The highest BCUT2D eigenvalue weighted by Gasteiger charge is 2.33. The van der Waals surface area contributed by atoms with Crippen molar-refractivity contribution < 1.29 is 9.90 Å². The Morgan fingerprint density at radius 2 is 2.33 bits per heavy atom. The molecular weight excluding hydrogens is 174 g/mol. The van der Waals surface area contributed by atoms with Crippen LogP contribution in [0.1, 0.15) is 19.8 Å². The molecule has 1 amide bonds. The average molecular weight is 189 g/mol. The molecule has 1 saturated carbocycles. The molecule has 0 aromatic heterocycles. The topological polar surface area (TPSA) is 40.5 Å². The van der Waals surface area contributed by atoms with E-state index < -0.39 is 0 Å². The van der Waals surface area contributed by atoms with E-state index in [4.69, 9.17) is 5.11 Å². The maximum Gasteiger partial charge on any atom is 0.235 e. The molecule has 0 radical (unpaired) electrons. The first-order chi connectivity index (χ1) is 5.66. The molecule has 1 aliphatic rings. The van der Waals surface area contributed by atoms with Gasteiger partial charge in [0.15, 0.2) is 0 Å². The highest BCUT2D eigenvalue weighted by Crippen LogP contribution is 2.27. The number of carbonyl (C=O) groups excluding carboxylic acids is 1. The fourth-order valence-electron chi connectivity index (χ4n) is 1.21. The summed E-state index contributed by atoms with van der Waals surface area (Å²) in [6.45, 7) is 2.26. The molecule has 1 fully saturated rings. The van der Waals surface area contributed by atoms with Crippen molar-refractivity contribution in [2.24, 2.45) is 0 Å². The Morgan fingerprint density at radius 1 is 1.75 bits per heavy atom. The van der Waals surface area contributed by atoms with E-state index in [0.717, 1.165) is 12.8 Å². The zero-order valence-electron chi connectivity index (χ0n) is 7.23. The van der Waals surface area contributed by atoms with Gasteiger partial charge < -0.3 is 10.0 Å². The predicted molar refractivity (Wildman–Crippen MR) is 50.3 cm³/mol. The van der Waals surface area contributed by atoms with Crippen molar-refractivity contribution in [1.29, 1.82) is 0 Å². The Bertz CT molecular complexity index is 168. The van der Waals surface area contributed by atoms with Gasteiger partial charge in [0.05, 0.1) is 11.9 Å². The second kappa shape index (κ2) is 4.14. The second-order valence-electron chi connectivity index (χ2n) is 3.16. The summed E-state index contributed by atoms with van der Waals surface area (Å²) in [4.78, 5) is 13.2. The summed E-state index contributed by atoms with van der Waals surface area (Å²) >= 11 is 4.07. The van der Waals surface area contributed by atoms with Gasteiger partial charge in [-0.3, -0.25) is 4.79 Å². The third-order valence-corrected chi connectivity index (χ3v) is 2.19. The first kappa shape index (κ1) is 9.86. The van der Waals surface area contributed by atoms with E-state index >= 15 is 0 Å². The molecule has 1 rings (SSSR count). The van der Waals surface area contributed by atoms with Crippen molar-refractivity contribution >= 4 is 18.5 Å². The largest absolute Gasteiger partial charge is 0.395 e. The number of hydrogen-bond acceptors (Lipinski definition) is 3. The lowest BCUT2D eigenvalue weighted by Gasteiger charge is -2.22. The van der Waals surface area contributed by atoms with Crippen LogP contribution in [0.25, 0.3) is 0 Å². The van der Waals surface area contributed by atoms with Gasteiger partial charge in [0.2, 0.25) is 5.91 Å². The lowest BCUT2D eigenvalue weighted by Crippen LogP contribution is -2.39. The fraction of sp³-hybridized carbons (Fsp3) is 0.875. The molecule has 0 heterocycles. The number of carbonyl (C=O) groups is 1. The molecule has 1 unspecified atom stereocenters. The molecule has 0 saturated heterocycles. The minimum Gasteiger partial charge on any atom is -0.395 e. The minimum atomic E-state index is -0.253. The summed E-state index contributed by atoms with van der Waals surface area (Å²) in [6, 6.07) is 0.374. The van der Waals surface area contributed by atoms with Crippen LogP contribution in [-0.2, 0) is 4.79 Å². The number of thiol groups is 1. The Morgan fingerprint density at radius 3 is 2.67 bits per heavy atom. The van der Waals surface area contributed by atoms with Crippen molar-refractivity contribution in [3.05, 3.63) is 0 Å². The van der Waals surface area contributed by atoms with Crippen LogP contribution in [-0.4, -0.2) is 40.4 Å². The molecule has 12 heavy (non-hydrogen) atoms. The summed E-state index contributed by atoms with van der Waals surface area (Å²) < 4.78 is 0. The van der Waals surface area contributed by atoms with Crippen LogP contribution in [0, 0.1) is 0 Å². The maximum atomic E-state index is 11.5. The van der Waals surface area contributed by atoms with Crippen LogP contribution >= 0.6 is 12.6 Å². The van der Waals surface area contributed by atoms with Crippen molar-refractivity contribution in [1.82, 2.24) is 4.90 Å². The van der Waals surface area contributed by atoms with E-state index in [1.54, 1.807) is 11.8 Å². The third-order valence-electron chi connectivity index (χ3n) is 1.97. The monoisotopic (exact) mass is 189 g/mol. The molecule has 0 aromatic carbocycles. The van der Waals surface area contributed by atoms with Crippen LogP contribution in [0.5, 0.6) is 0 Å². The zero-order chi connectivity index (χ0) is 9.14. The molecule has 1 atom stereocenters. The van der Waals surface area contributed by atoms with Crippen LogP contribution in [0.15, 0.2) is 0 Å². The van der Waals surface area contributed by atoms with Gasteiger partial charge in [-0.05, 0) is 19.8 Å². The van der Waals surface area contributed by atoms with Gasteiger partial charge in [0.1, 0.15) is 0 Å². The van der Waals surface area contributed by atoms with Gasteiger partial charge in [-0.1, -0.05) is 0 Å². The van der Waals surface area contributed by atoms with Gasteiger partial charge in [-0.25, -0.2) is 0 Å². The van der Waals surface area contributed by atoms with E-state index in [9.17, 15) is 4.79 Å². The van der Waals surface area contributed by atoms with Gasteiger partial charge in [0, 0.05) is 12.6 Å². The molecule has 70 valence electrons. The molecule has 1 aliphatic carbocycles. The number of hydrogen-bond donors (Lipinski definition) is 2. The number of aliphatic hydroxyl groups is 1. The Balaban J connectivity index is 2.46. The first-order valence-electron chi connectivity index (χ1n) is 4.26. The van der Waals surface area contributed by atoms with Crippen LogP contribution in [0.2, 0.25) is 0 Å². The van der Waals surface area contributed by atoms with Crippen molar-refractivity contribution in [2.45, 2.75) is 31.1 Å². The molecule has 0 aromatic rings. The summed E-state index contributed by atoms with van der Waals surface area (Å²) in [5.41, 5.74) is 0. The highest BCUT2D eigenvalue weighted by molar-refractivity contribution is 7.81. The predicted octanol–water partition coefficient (Wildman–Crippen LogP) is 0.288. The van der Waals surface area contributed by atoms with Crippen molar-refractivity contribution in [3.63, 3.8) is 0 Å². The van der Waals surface area contributed by atoms with Gasteiger partial charge >= 0.3 is 0 Å². The highest BCUT2D eigenvalue weighted by atomic mass is 32.1. The number of nitrogens with zero attached hydrogens (tertiary/aromatic N) is 1. The molecule has 0 bridgehead atoms. The van der Waals surface area contributed by atoms with Gasteiger partial charge in [-0.15, -0.1) is 0 Å². The maximum absolute atomic E-state index is 11.5. The molecular formula is C8H15NO2S. The fourth-order valence-corrected chi connectivity index (χ4v) is 1.35.